The number of carboxylic acids is 1. The number of carboxylic acid groups (broad SMARTS) is 1. The third kappa shape index (κ3) is 3.84. The Hall–Kier alpha value is -2.04. The largest absolute Gasteiger partial charge is 0.480 e. The number of benzene rings is 1. The number of ether oxygens (including phenoxy) is 1. The van der Waals surface area contributed by atoms with Crippen molar-refractivity contribution in [3.05, 3.63) is 35.4 Å². The maximum Gasteiger partial charge on any atom is 0.411 e. The fourth-order valence-corrected chi connectivity index (χ4v) is 3.17. The number of amides is 1. The molecule has 5 heteroatoms. The maximum absolute atomic E-state index is 12.3. The summed E-state index contributed by atoms with van der Waals surface area (Å²) in [6.07, 6.45) is 0.917. The van der Waals surface area contributed by atoms with Crippen molar-refractivity contribution in [3.8, 4) is 0 Å². The predicted molar refractivity (Wildman–Crippen MR) is 87.5 cm³/mol. The molecule has 0 aliphatic carbocycles. The van der Waals surface area contributed by atoms with Crippen molar-refractivity contribution in [3.63, 3.8) is 0 Å². The molecule has 23 heavy (non-hydrogen) atoms. The van der Waals surface area contributed by atoms with Gasteiger partial charge in [0.1, 0.15) is 11.6 Å². The van der Waals surface area contributed by atoms with Crippen molar-refractivity contribution in [1.82, 2.24) is 4.90 Å². The molecular formula is C18H25NO4. The molecule has 1 saturated heterocycles. The molecule has 1 aliphatic heterocycles. The first kappa shape index (κ1) is 17.3. The van der Waals surface area contributed by atoms with Crippen LogP contribution in [0.15, 0.2) is 24.3 Å². The van der Waals surface area contributed by atoms with E-state index < -0.39 is 23.7 Å². The van der Waals surface area contributed by atoms with Crippen molar-refractivity contribution in [2.45, 2.75) is 58.1 Å². The molecule has 0 aromatic heterocycles. The van der Waals surface area contributed by atoms with Crippen molar-refractivity contribution < 1.29 is 19.4 Å². The summed E-state index contributed by atoms with van der Waals surface area (Å²) in [5.41, 5.74) is 1.52. The second kappa shape index (κ2) is 6.60. The average Bonchev–Trinajstić information content (AvgIpc) is 2.90. The van der Waals surface area contributed by atoms with Gasteiger partial charge in [-0.15, -0.1) is 0 Å². The van der Waals surface area contributed by atoms with Gasteiger partial charge in [-0.25, -0.2) is 9.59 Å². The molecule has 126 valence electrons. The van der Waals surface area contributed by atoms with Gasteiger partial charge in [-0.3, -0.25) is 4.90 Å². The molecule has 2 unspecified atom stereocenters. The molecule has 0 spiro atoms. The lowest BCUT2D eigenvalue weighted by Gasteiger charge is -2.28. The molecule has 1 aromatic carbocycles. The quantitative estimate of drug-likeness (QED) is 0.927. The Morgan fingerprint density at radius 1 is 1.30 bits per heavy atom. The second-order valence-corrected chi connectivity index (χ2v) is 6.90. The average molecular weight is 319 g/mol. The van der Waals surface area contributed by atoms with E-state index in [1.54, 1.807) is 20.8 Å². The summed E-state index contributed by atoms with van der Waals surface area (Å²) >= 11 is 0. The van der Waals surface area contributed by atoms with Gasteiger partial charge in [0.05, 0.1) is 0 Å². The number of hydrogen-bond donors (Lipinski definition) is 1. The summed E-state index contributed by atoms with van der Waals surface area (Å²) in [4.78, 5) is 25.5. The van der Waals surface area contributed by atoms with Crippen LogP contribution in [0.5, 0.6) is 0 Å². The number of hydrogen-bond acceptors (Lipinski definition) is 3. The Kier molecular flexibility index (Phi) is 4.97. The van der Waals surface area contributed by atoms with Crippen molar-refractivity contribution in [2.24, 2.45) is 0 Å². The number of carbonyl (C=O) groups is 2. The van der Waals surface area contributed by atoms with Crippen molar-refractivity contribution in [2.75, 3.05) is 6.54 Å². The highest BCUT2D eigenvalue weighted by Gasteiger charge is 2.44. The second-order valence-electron chi connectivity index (χ2n) is 6.90. The summed E-state index contributed by atoms with van der Waals surface area (Å²) in [5.74, 6) is -1.18. The minimum atomic E-state index is -0.982. The number of carbonyl (C=O) groups excluding carboxylic acids is 1. The fraction of sp³-hybridized carbons (Fsp3) is 0.556. The minimum absolute atomic E-state index is 0.198. The highest BCUT2D eigenvalue weighted by atomic mass is 16.6. The molecule has 2 atom stereocenters. The van der Waals surface area contributed by atoms with Gasteiger partial charge in [0.15, 0.2) is 0 Å². The highest BCUT2D eigenvalue weighted by molar-refractivity contribution is 5.82. The maximum atomic E-state index is 12.3. The minimum Gasteiger partial charge on any atom is -0.480 e. The van der Waals surface area contributed by atoms with Gasteiger partial charge in [-0.1, -0.05) is 31.2 Å². The summed E-state index contributed by atoms with van der Waals surface area (Å²) < 4.78 is 5.37. The van der Waals surface area contributed by atoms with Crippen LogP contribution in [0.4, 0.5) is 4.79 Å². The van der Waals surface area contributed by atoms with Crippen molar-refractivity contribution in [1.29, 1.82) is 0 Å². The first-order valence-electron chi connectivity index (χ1n) is 8.05. The molecule has 1 N–H and O–H groups in total. The van der Waals surface area contributed by atoms with Crippen LogP contribution in [-0.4, -0.2) is 40.3 Å². The standard InChI is InChI=1S/C18H25NO4/c1-5-12-8-6-7-9-13(12)14-10-11-19(15(14)16(20)21)17(22)23-18(2,3)4/h6-9,14-15H,5,10-11H2,1-4H3,(H,20,21). The monoisotopic (exact) mass is 319 g/mol. The van der Waals surface area contributed by atoms with E-state index >= 15 is 0 Å². The lowest BCUT2D eigenvalue weighted by molar-refractivity contribution is -0.142. The molecule has 0 radical (unpaired) electrons. The third-order valence-electron chi connectivity index (χ3n) is 4.11. The molecule has 1 amide bonds. The first-order chi connectivity index (χ1) is 10.7. The fourth-order valence-electron chi connectivity index (χ4n) is 3.17. The summed E-state index contributed by atoms with van der Waals surface area (Å²) in [5, 5.41) is 9.68. The first-order valence-corrected chi connectivity index (χ1v) is 8.05. The Bertz CT molecular complexity index is 591. The van der Waals surface area contributed by atoms with E-state index in [0.717, 1.165) is 17.5 Å². The Morgan fingerprint density at radius 3 is 2.52 bits per heavy atom. The van der Waals surface area contributed by atoms with Gasteiger partial charge in [0.2, 0.25) is 0 Å². The van der Waals surface area contributed by atoms with Crippen molar-refractivity contribution >= 4 is 12.1 Å². The highest BCUT2D eigenvalue weighted by Crippen LogP contribution is 2.36. The molecule has 1 aliphatic rings. The summed E-state index contributed by atoms with van der Waals surface area (Å²) in [6.45, 7) is 7.78. The molecule has 0 saturated carbocycles. The third-order valence-corrected chi connectivity index (χ3v) is 4.11. The number of aryl methyl sites for hydroxylation is 1. The Balaban J connectivity index is 2.30. The lowest BCUT2D eigenvalue weighted by atomic mass is 9.87. The van der Waals surface area contributed by atoms with E-state index in [1.807, 2.05) is 24.3 Å². The molecular weight excluding hydrogens is 294 g/mol. The van der Waals surface area contributed by atoms with Gasteiger partial charge in [0.25, 0.3) is 0 Å². The molecule has 0 bridgehead atoms. The number of likely N-dealkylation sites (tertiary alicyclic amines) is 1. The Labute approximate surface area is 137 Å². The van der Waals surface area contributed by atoms with Crippen LogP contribution in [0.3, 0.4) is 0 Å². The van der Waals surface area contributed by atoms with Crippen LogP contribution in [-0.2, 0) is 16.0 Å². The zero-order valence-electron chi connectivity index (χ0n) is 14.2. The smallest absolute Gasteiger partial charge is 0.411 e. The van der Waals surface area contributed by atoms with Gasteiger partial charge in [0, 0.05) is 12.5 Å². The molecule has 1 aromatic rings. The SMILES string of the molecule is CCc1ccccc1C1CCN(C(=O)OC(C)(C)C)C1C(=O)O. The predicted octanol–water partition coefficient (Wildman–Crippen LogP) is 3.43. The van der Waals surface area contributed by atoms with Crippen LogP contribution in [0.1, 0.15) is 51.2 Å². The number of nitrogens with zero attached hydrogens (tertiary/aromatic N) is 1. The van der Waals surface area contributed by atoms with Crippen LogP contribution >= 0.6 is 0 Å². The van der Waals surface area contributed by atoms with E-state index in [-0.39, 0.29) is 5.92 Å². The summed E-state index contributed by atoms with van der Waals surface area (Å²) in [7, 11) is 0. The van der Waals surface area contributed by atoms with Crippen LogP contribution < -0.4 is 0 Å². The zero-order valence-corrected chi connectivity index (χ0v) is 14.2. The molecule has 1 heterocycles. The van der Waals surface area contributed by atoms with E-state index in [2.05, 4.69) is 6.92 Å². The number of rotatable bonds is 3. The van der Waals surface area contributed by atoms with Gasteiger partial charge in [-0.2, -0.15) is 0 Å². The van der Waals surface area contributed by atoms with E-state index in [4.69, 9.17) is 4.74 Å². The van der Waals surface area contributed by atoms with Crippen LogP contribution in [0.25, 0.3) is 0 Å². The van der Waals surface area contributed by atoms with Crippen LogP contribution in [0, 0.1) is 0 Å². The summed E-state index contributed by atoms with van der Waals surface area (Å²) in [6, 6.07) is 6.99. The van der Waals surface area contributed by atoms with Gasteiger partial charge >= 0.3 is 12.1 Å². The van der Waals surface area contributed by atoms with E-state index in [1.165, 1.54) is 4.90 Å². The van der Waals surface area contributed by atoms with Gasteiger partial charge in [-0.05, 0) is 44.7 Å². The van der Waals surface area contributed by atoms with Crippen LogP contribution in [0.2, 0.25) is 0 Å². The van der Waals surface area contributed by atoms with E-state index in [0.29, 0.717) is 13.0 Å². The van der Waals surface area contributed by atoms with E-state index in [9.17, 15) is 14.7 Å². The Morgan fingerprint density at radius 2 is 1.96 bits per heavy atom. The normalized spacial score (nSPS) is 21.3. The molecule has 1 fully saturated rings. The lowest BCUT2D eigenvalue weighted by Crippen LogP contribution is -2.45. The molecule has 5 nitrogen and oxygen atoms in total. The molecule has 2 rings (SSSR count). The zero-order chi connectivity index (χ0) is 17.2. The van der Waals surface area contributed by atoms with Gasteiger partial charge < -0.3 is 9.84 Å². The topological polar surface area (TPSA) is 66.8 Å². The number of aliphatic carboxylic acids is 1.